The van der Waals surface area contributed by atoms with Crippen LogP contribution in [0.2, 0.25) is 0 Å². The maximum Gasteiger partial charge on any atom is 3.00 e. The SMILES string of the molecule is C[C]=CC(=[N-])c1ccccc1.[Cl-].[Cl-].[Ti+3]. The molecule has 72 valence electrons. The molecule has 0 saturated carbocycles. The van der Waals surface area contributed by atoms with Crippen molar-refractivity contribution in [3.63, 3.8) is 0 Å². The van der Waals surface area contributed by atoms with Gasteiger partial charge in [0.15, 0.2) is 0 Å². The molecule has 0 fully saturated rings. The second-order valence-electron chi connectivity index (χ2n) is 2.18. The molecule has 0 spiro atoms. The van der Waals surface area contributed by atoms with E-state index in [0.717, 1.165) is 5.56 Å². The molecule has 1 rings (SSSR count). The summed E-state index contributed by atoms with van der Waals surface area (Å²) < 4.78 is 0. The molecular weight excluding hydrogens is 253 g/mol. The van der Waals surface area contributed by atoms with E-state index < -0.39 is 0 Å². The Hall–Kier alpha value is -0.0757. The zero-order valence-corrected chi connectivity index (χ0v) is 10.7. The largest absolute Gasteiger partial charge is 3.00 e. The maximum atomic E-state index is 9.32. The van der Waals surface area contributed by atoms with Crippen molar-refractivity contribution in [2.24, 2.45) is 0 Å². The van der Waals surface area contributed by atoms with Crippen molar-refractivity contribution >= 4 is 5.71 Å². The van der Waals surface area contributed by atoms with Gasteiger partial charge in [-0.2, -0.15) is 5.71 Å². The predicted octanol–water partition coefficient (Wildman–Crippen LogP) is -3.57. The van der Waals surface area contributed by atoms with Crippen molar-refractivity contribution in [2.45, 2.75) is 6.92 Å². The fourth-order valence-corrected chi connectivity index (χ4v) is 0.829. The number of benzene rings is 1. The first-order valence-corrected chi connectivity index (χ1v) is 3.46. The van der Waals surface area contributed by atoms with E-state index in [-0.39, 0.29) is 52.2 Å². The smallest absolute Gasteiger partial charge is 1.00 e. The average Bonchev–Trinajstić information content (AvgIpc) is 2.07. The van der Waals surface area contributed by atoms with Gasteiger partial charge in [0.25, 0.3) is 0 Å². The Kier molecular flexibility index (Phi) is 15.3. The molecule has 0 aliphatic rings. The Balaban J connectivity index is -0.000000403. The van der Waals surface area contributed by atoms with Crippen molar-refractivity contribution in [1.82, 2.24) is 0 Å². The standard InChI is InChI=1S/C10H9N.2ClH.Ti/c1-2-6-10(11)9-7-4-3-5-8-9;;;/h3-8H,1H3;2*1H;/q-1;;;+3/p-2. The minimum absolute atomic E-state index is 0. The minimum Gasteiger partial charge on any atom is -1.00 e. The molecule has 0 bridgehead atoms. The van der Waals surface area contributed by atoms with Crippen LogP contribution in [0.1, 0.15) is 12.5 Å². The van der Waals surface area contributed by atoms with Crippen LogP contribution in [0.15, 0.2) is 36.4 Å². The van der Waals surface area contributed by atoms with Crippen molar-refractivity contribution in [3.05, 3.63) is 53.5 Å². The van der Waals surface area contributed by atoms with Gasteiger partial charge in [0.2, 0.25) is 0 Å². The van der Waals surface area contributed by atoms with Crippen LogP contribution in [-0.4, -0.2) is 5.71 Å². The summed E-state index contributed by atoms with van der Waals surface area (Å²) in [6.07, 6.45) is 4.30. The number of allylic oxidation sites excluding steroid dienone is 2. The predicted molar refractivity (Wildman–Crippen MR) is 47.4 cm³/mol. The van der Waals surface area contributed by atoms with Crippen molar-refractivity contribution in [1.29, 1.82) is 0 Å². The first kappa shape index (κ1) is 19.5. The number of halogens is 2. The number of hydrogen-bond acceptors (Lipinski definition) is 0. The molecule has 1 nitrogen and oxygen atoms in total. The minimum atomic E-state index is 0. The van der Waals surface area contributed by atoms with Gasteiger partial charge in [-0.05, 0) is 18.6 Å². The van der Waals surface area contributed by atoms with E-state index in [1.54, 1.807) is 13.0 Å². The summed E-state index contributed by atoms with van der Waals surface area (Å²) in [4.78, 5) is 0. The van der Waals surface area contributed by atoms with E-state index in [2.05, 4.69) is 6.08 Å². The quantitative estimate of drug-likeness (QED) is 0.389. The van der Waals surface area contributed by atoms with Crippen LogP contribution in [0.5, 0.6) is 0 Å². The van der Waals surface area contributed by atoms with Crippen LogP contribution in [0.3, 0.4) is 0 Å². The van der Waals surface area contributed by atoms with Crippen LogP contribution >= 0.6 is 0 Å². The number of rotatable bonds is 2. The molecule has 2 radical (unpaired) electrons. The third-order valence-electron chi connectivity index (χ3n) is 1.35. The Morgan fingerprint density at radius 3 is 2.14 bits per heavy atom. The molecule has 0 amide bonds. The first-order valence-electron chi connectivity index (χ1n) is 3.46. The Labute approximate surface area is 112 Å². The summed E-state index contributed by atoms with van der Waals surface area (Å²) in [5, 5.41) is 9.32. The van der Waals surface area contributed by atoms with Crippen LogP contribution in [-0.2, 0) is 21.7 Å². The zero-order valence-electron chi connectivity index (χ0n) is 7.67. The Bertz CT molecular complexity index is 273. The molecule has 0 saturated heterocycles. The van der Waals surface area contributed by atoms with Gasteiger partial charge >= 0.3 is 21.7 Å². The Morgan fingerprint density at radius 2 is 1.71 bits per heavy atom. The van der Waals surface area contributed by atoms with Gasteiger partial charge in [0.05, 0.1) is 0 Å². The second-order valence-corrected chi connectivity index (χ2v) is 2.18. The van der Waals surface area contributed by atoms with E-state index in [9.17, 15) is 5.41 Å². The summed E-state index contributed by atoms with van der Waals surface area (Å²) in [6, 6.07) is 9.38. The van der Waals surface area contributed by atoms with Gasteiger partial charge in [-0.3, -0.25) is 0 Å². The third-order valence-corrected chi connectivity index (χ3v) is 1.35. The van der Waals surface area contributed by atoms with Gasteiger partial charge in [0.1, 0.15) is 0 Å². The molecule has 1 aromatic rings. The summed E-state index contributed by atoms with van der Waals surface area (Å²) in [7, 11) is 0. The van der Waals surface area contributed by atoms with E-state index in [0.29, 0.717) is 0 Å². The van der Waals surface area contributed by atoms with Crippen LogP contribution < -0.4 is 24.8 Å². The third kappa shape index (κ3) is 6.39. The van der Waals surface area contributed by atoms with E-state index in [1.807, 2.05) is 30.3 Å². The molecule has 14 heavy (non-hydrogen) atoms. The molecular formula is C10H9Cl2NTi. The van der Waals surface area contributed by atoms with Crippen molar-refractivity contribution in [2.75, 3.05) is 0 Å². The average molecular weight is 262 g/mol. The van der Waals surface area contributed by atoms with E-state index in [1.165, 1.54) is 0 Å². The molecule has 0 unspecified atom stereocenters. The zero-order chi connectivity index (χ0) is 8.10. The van der Waals surface area contributed by atoms with Crippen molar-refractivity contribution < 1.29 is 46.5 Å². The molecule has 1 aromatic carbocycles. The molecule has 4 heteroatoms. The summed E-state index contributed by atoms with van der Waals surface area (Å²) >= 11 is 0. The van der Waals surface area contributed by atoms with Crippen LogP contribution in [0.25, 0.3) is 5.41 Å². The summed E-state index contributed by atoms with van der Waals surface area (Å²) in [6.45, 7) is 1.75. The molecule has 0 aliphatic heterocycles. The first-order chi connectivity index (χ1) is 5.34. The van der Waals surface area contributed by atoms with Gasteiger partial charge in [-0.25, -0.2) is 0 Å². The number of hydrogen-bond donors (Lipinski definition) is 0. The van der Waals surface area contributed by atoms with Gasteiger partial charge in [-0.15, -0.1) is 0 Å². The van der Waals surface area contributed by atoms with Gasteiger partial charge < -0.3 is 30.2 Å². The fraction of sp³-hybridized carbons (Fsp3) is 0.100. The molecule has 0 heterocycles. The summed E-state index contributed by atoms with van der Waals surface area (Å²) in [5.74, 6) is 0. The molecule has 0 atom stereocenters. The monoisotopic (exact) mass is 261 g/mol. The normalized spacial score (nSPS) is 8.07. The van der Waals surface area contributed by atoms with E-state index >= 15 is 0 Å². The fourth-order valence-electron chi connectivity index (χ4n) is 0.829. The summed E-state index contributed by atoms with van der Waals surface area (Å²) in [5.41, 5.74) is 1.08. The molecule has 0 N–H and O–H groups in total. The maximum absolute atomic E-state index is 9.32. The van der Waals surface area contributed by atoms with Crippen molar-refractivity contribution in [3.8, 4) is 0 Å². The molecule has 0 aromatic heterocycles. The molecule has 0 aliphatic carbocycles. The number of nitrogens with zero attached hydrogens (tertiary/aromatic N) is 1. The van der Waals surface area contributed by atoms with Gasteiger partial charge in [0, 0.05) is 0 Å². The van der Waals surface area contributed by atoms with Crippen LogP contribution in [0.4, 0.5) is 0 Å². The topological polar surface area (TPSA) is 22.3 Å². The van der Waals surface area contributed by atoms with E-state index in [4.69, 9.17) is 0 Å². The second kappa shape index (κ2) is 11.0. The Morgan fingerprint density at radius 1 is 1.21 bits per heavy atom. The van der Waals surface area contributed by atoms with Crippen LogP contribution in [0, 0.1) is 6.08 Å². The van der Waals surface area contributed by atoms with Gasteiger partial charge in [-0.1, -0.05) is 36.4 Å².